The highest BCUT2D eigenvalue weighted by molar-refractivity contribution is 9.10. The zero-order valence-corrected chi connectivity index (χ0v) is 17.8. The number of aryl methyl sites for hydroxylation is 1. The molecule has 0 spiro atoms. The molecule has 0 N–H and O–H groups in total. The lowest BCUT2D eigenvalue weighted by molar-refractivity contribution is -0.115. The van der Waals surface area contributed by atoms with Gasteiger partial charge in [0.25, 0.3) is 0 Å². The zero-order valence-electron chi connectivity index (χ0n) is 14.6. The number of hydrogen-bond acceptors (Lipinski definition) is 4. The van der Waals surface area contributed by atoms with Crippen molar-refractivity contribution in [3.8, 4) is 0 Å². The molecule has 0 radical (unpaired) electrons. The monoisotopic (exact) mass is 446 g/mol. The summed E-state index contributed by atoms with van der Waals surface area (Å²) in [5, 5.41) is 2.76. The maximum Gasteiger partial charge on any atom is 0.230 e. The molecule has 3 nitrogen and oxygen atoms in total. The highest BCUT2D eigenvalue weighted by Gasteiger charge is 2.20. The number of rotatable bonds is 6. The number of anilines is 2. The molecule has 0 aliphatic carbocycles. The van der Waals surface area contributed by atoms with Gasteiger partial charge >= 0.3 is 0 Å². The first-order valence-corrected chi connectivity index (χ1v) is 11.0. The molecular weight excluding hydrogens is 428 g/mol. The average molecular weight is 447 g/mol. The van der Waals surface area contributed by atoms with Crippen molar-refractivity contribution in [2.24, 2.45) is 0 Å². The molecule has 0 aliphatic rings. The summed E-state index contributed by atoms with van der Waals surface area (Å²) in [5.74, 6) is 0.750. The van der Waals surface area contributed by atoms with Crippen molar-refractivity contribution in [3.63, 3.8) is 0 Å². The molecule has 6 heteroatoms. The molecule has 2 aromatic carbocycles. The lowest BCUT2D eigenvalue weighted by Gasteiger charge is -2.20. The summed E-state index contributed by atoms with van der Waals surface area (Å²) < 4.78 is 1.07. The first-order chi connectivity index (χ1) is 12.6. The maximum atomic E-state index is 12.3. The van der Waals surface area contributed by atoms with E-state index in [2.05, 4.69) is 41.1 Å². The third-order valence-electron chi connectivity index (χ3n) is 3.84. The first-order valence-electron chi connectivity index (χ1n) is 8.30. The van der Waals surface area contributed by atoms with Gasteiger partial charge in [0.2, 0.25) is 5.91 Å². The number of thiazole rings is 1. The van der Waals surface area contributed by atoms with E-state index in [4.69, 9.17) is 4.98 Å². The van der Waals surface area contributed by atoms with E-state index in [0.29, 0.717) is 0 Å². The van der Waals surface area contributed by atoms with E-state index in [1.54, 1.807) is 23.6 Å². The van der Waals surface area contributed by atoms with E-state index in [1.807, 2.05) is 35.7 Å². The van der Waals surface area contributed by atoms with Crippen molar-refractivity contribution >= 4 is 55.8 Å². The van der Waals surface area contributed by atoms with E-state index in [1.165, 1.54) is 16.2 Å². The third kappa shape index (κ3) is 4.55. The Balaban J connectivity index is 1.81. The van der Waals surface area contributed by atoms with E-state index >= 15 is 0 Å². The summed E-state index contributed by atoms with van der Waals surface area (Å²) in [6.07, 6.45) is 0.872. The van der Waals surface area contributed by atoms with Crippen molar-refractivity contribution < 1.29 is 4.79 Å². The van der Waals surface area contributed by atoms with Crippen LogP contribution in [0.3, 0.4) is 0 Å². The van der Waals surface area contributed by atoms with Crippen molar-refractivity contribution in [2.45, 2.75) is 30.9 Å². The van der Waals surface area contributed by atoms with Crippen LogP contribution in [0.4, 0.5) is 10.8 Å². The number of benzene rings is 2. The molecule has 1 amide bonds. The predicted octanol–water partition coefficient (Wildman–Crippen LogP) is 6.44. The second-order valence-electron chi connectivity index (χ2n) is 5.70. The largest absolute Gasteiger partial charge is 0.274 e. The third-order valence-corrected chi connectivity index (χ3v) is 6.24. The highest BCUT2D eigenvalue weighted by Crippen LogP contribution is 2.33. The second-order valence-corrected chi connectivity index (χ2v) is 8.51. The van der Waals surface area contributed by atoms with Gasteiger partial charge in [-0.2, -0.15) is 0 Å². The first kappa shape index (κ1) is 19.1. The van der Waals surface area contributed by atoms with Crippen LogP contribution in [0.1, 0.15) is 25.1 Å². The molecule has 0 bridgehead atoms. The van der Waals surface area contributed by atoms with Crippen LogP contribution in [0, 0.1) is 0 Å². The Morgan fingerprint density at radius 2 is 2.04 bits per heavy atom. The van der Waals surface area contributed by atoms with E-state index < -0.39 is 0 Å². The molecule has 1 heterocycles. The van der Waals surface area contributed by atoms with Crippen LogP contribution in [0.2, 0.25) is 0 Å². The topological polar surface area (TPSA) is 33.2 Å². The molecule has 0 fully saturated rings. The van der Waals surface area contributed by atoms with Crippen LogP contribution in [0.15, 0.2) is 63.3 Å². The number of amides is 1. The molecule has 0 aliphatic heterocycles. The summed E-state index contributed by atoms with van der Waals surface area (Å²) in [5.41, 5.74) is 3.04. The molecule has 3 aromatic rings. The predicted molar refractivity (Wildman–Crippen MR) is 114 cm³/mol. The van der Waals surface area contributed by atoms with Crippen LogP contribution in [0.25, 0.3) is 0 Å². The molecule has 0 saturated carbocycles. The molecule has 3 rings (SSSR count). The number of thioether (sulfide) groups is 1. The minimum Gasteiger partial charge on any atom is -0.274 e. The van der Waals surface area contributed by atoms with Gasteiger partial charge in [0.15, 0.2) is 5.13 Å². The molecule has 0 atom stereocenters. The number of hydrogen-bond donors (Lipinski definition) is 0. The Hall–Kier alpha value is -1.63. The van der Waals surface area contributed by atoms with Crippen molar-refractivity contribution in [1.82, 2.24) is 4.98 Å². The standard InChI is InChI=1S/C20H19BrN2OS2/c1-3-15-7-4-5-10-19(15)23(14(2)24)20-22-17(13-26-20)12-25-18-9-6-8-16(21)11-18/h4-11,13H,3,12H2,1-2H3. The summed E-state index contributed by atoms with van der Waals surface area (Å²) >= 11 is 6.74. The SMILES string of the molecule is CCc1ccccc1N(C(C)=O)c1nc(CSc2cccc(Br)c2)cs1. The fourth-order valence-corrected chi connectivity index (χ4v) is 5.00. The second kappa shape index (κ2) is 8.84. The number of para-hydroxylation sites is 1. The number of aromatic nitrogens is 1. The van der Waals surface area contributed by atoms with Crippen molar-refractivity contribution in [3.05, 3.63) is 69.6 Å². The van der Waals surface area contributed by atoms with E-state index in [9.17, 15) is 4.79 Å². The van der Waals surface area contributed by atoms with E-state index in [-0.39, 0.29) is 5.91 Å². The minimum atomic E-state index is -0.0218. The smallest absolute Gasteiger partial charge is 0.230 e. The van der Waals surface area contributed by atoms with Gasteiger partial charge in [-0.1, -0.05) is 47.1 Å². The van der Waals surface area contributed by atoms with Gasteiger partial charge in [0.05, 0.1) is 11.4 Å². The lowest BCUT2D eigenvalue weighted by atomic mass is 10.1. The zero-order chi connectivity index (χ0) is 18.5. The maximum absolute atomic E-state index is 12.3. The molecule has 0 saturated heterocycles. The van der Waals surface area contributed by atoms with Crippen LogP contribution in [-0.4, -0.2) is 10.9 Å². The van der Waals surface area contributed by atoms with Crippen molar-refractivity contribution in [1.29, 1.82) is 0 Å². The average Bonchev–Trinajstić information content (AvgIpc) is 3.09. The van der Waals surface area contributed by atoms with Gasteiger partial charge in [-0.15, -0.1) is 23.1 Å². The molecule has 134 valence electrons. The lowest BCUT2D eigenvalue weighted by Crippen LogP contribution is -2.23. The molecule has 1 aromatic heterocycles. The summed E-state index contributed by atoms with van der Waals surface area (Å²) in [6, 6.07) is 16.2. The van der Waals surface area contributed by atoms with Crippen LogP contribution in [-0.2, 0) is 17.0 Å². The summed E-state index contributed by atoms with van der Waals surface area (Å²) in [6.45, 7) is 3.68. The van der Waals surface area contributed by atoms with Crippen molar-refractivity contribution in [2.75, 3.05) is 4.90 Å². The Morgan fingerprint density at radius 1 is 1.23 bits per heavy atom. The Labute approximate surface area is 170 Å². The number of carbonyl (C=O) groups is 1. The van der Waals surface area contributed by atoms with Crippen LogP contribution in [0.5, 0.6) is 0 Å². The summed E-state index contributed by atoms with van der Waals surface area (Å²) in [7, 11) is 0. The van der Waals surface area contributed by atoms with Gasteiger partial charge in [-0.3, -0.25) is 9.69 Å². The van der Waals surface area contributed by atoms with E-state index in [0.717, 1.165) is 38.7 Å². The van der Waals surface area contributed by atoms with Crippen LogP contribution >= 0.6 is 39.0 Å². The number of halogens is 1. The molecule has 26 heavy (non-hydrogen) atoms. The highest BCUT2D eigenvalue weighted by atomic mass is 79.9. The van der Waals surface area contributed by atoms with Gasteiger partial charge < -0.3 is 0 Å². The van der Waals surface area contributed by atoms with Gasteiger partial charge in [0.1, 0.15) is 0 Å². The Kier molecular flexibility index (Phi) is 6.51. The molecular formula is C20H19BrN2OS2. The fourth-order valence-electron chi connectivity index (χ4n) is 2.61. The fraction of sp³-hybridized carbons (Fsp3) is 0.200. The normalized spacial score (nSPS) is 10.7. The Morgan fingerprint density at radius 3 is 2.77 bits per heavy atom. The number of nitrogens with zero attached hydrogens (tertiary/aromatic N) is 2. The van der Waals surface area contributed by atoms with Gasteiger partial charge in [-0.05, 0) is 36.2 Å². The quantitative estimate of drug-likeness (QED) is 0.408. The van der Waals surface area contributed by atoms with Gasteiger partial charge in [0, 0.05) is 27.4 Å². The van der Waals surface area contributed by atoms with Crippen LogP contribution < -0.4 is 4.90 Å². The summed E-state index contributed by atoms with van der Waals surface area (Å²) in [4.78, 5) is 19.9. The minimum absolute atomic E-state index is 0.0218. The molecule has 0 unspecified atom stereocenters. The Bertz CT molecular complexity index is 910. The number of carbonyl (C=O) groups excluding carboxylic acids is 1. The van der Waals surface area contributed by atoms with Gasteiger partial charge in [-0.25, -0.2) is 4.98 Å².